The van der Waals surface area contributed by atoms with Crippen LogP contribution in [0.1, 0.15) is 6.92 Å². The lowest BCUT2D eigenvalue weighted by Gasteiger charge is -2.01. The topological polar surface area (TPSA) is 43.8 Å². The number of nitrogen functional groups attached to an aromatic ring is 1. The second-order valence-electron chi connectivity index (χ2n) is 2.97. The zero-order valence-corrected chi connectivity index (χ0v) is 9.75. The van der Waals surface area contributed by atoms with E-state index in [0.29, 0.717) is 16.1 Å². The van der Waals surface area contributed by atoms with Crippen LogP contribution in [-0.2, 0) is 6.54 Å². The summed E-state index contributed by atoms with van der Waals surface area (Å²) in [4.78, 5) is 4.16. The first-order valence-corrected chi connectivity index (χ1v) is 5.32. The van der Waals surface area contributed by atoms with Gasteiger partial charge in [-0.25, -0.2) is 9.37 Å². The highest BCUT2D eigenvalue weighted by Gasteiger charge is 2.09. The zero-order chi connectivity index (χ0) is 10.3. The van der Waals surface area contributed by atoms with Crippen LogP contribution in [0.2, 0.25) is 0 Å². The molecule has 5 heteroatoms. The average Bonchev–Trinajstić information content (AvgIpc) is 2.42. The van der Waals surface area contributed by atoms with E-state index in [1.807, 2.05) is 29.5 Å². The van der Waals surface area contributed by atoms with E-state index < -0.39 is 0 Å². The van der Waals surface area contributed by atoms with Crippen LogP contribution in [0.15, 0.2) is 12.1 Å². The van der Waals surface area contributed by atoms with Crippen molar-refractivity contribution in [2.24, 2.45) is 0 Å². The van der Waals surface area contributed by atoms with Crippen molar-refractivity contribution < 1.29 is 4.39 Å². The first kappa shape index (κ1) is 9.70. The van der Waals surface area contributed by atoms with E-state index >= 15 is 0 Å². The summed E-state index contributed by atoms with van der Waals surface area (Å²) in [6, 6.07) is 3.18. The van der Waals surface area contributed by atoms with Crippen molar-refractivity contribution in [3.63, 3.8) is 0 Å². The molecular weight excluding hydrogens is 296 g/mol. The third-order valence-corrected chi connectivity index (χ3v) is 2.96. The molecule has 0 amide bonds. The smallest absolute Gasteiger partial charge is 0.201 e. The molecular formula is C9H9FIN3. The lowest BCUT2D eigenvalue weighted by molar-refractivity contribution is 0.621. The van der Waals surface area contributed by atoms with Gasteiger partial charge in [0, 0.05) is 12.6 Å². The van der Waals surface area contributed by atoms with Crippen LogP contribution in [-0.4, -0.2) is 9.55 Å². The Balaban J connectivity index is 2.82. The third kappa shape index (κ3) is 1.35. The van der Waals surface area contributed by atoms with E-state index in [4.69, 9.17) is 5.73 Å². The van der Waals surface area contributed by atoms with Gasteiger partial charge in [-0.1, -0.05) is 0 Å². The molecule has 0 aliphatic carbocycles. The summed E-state index contributed by atoms with van der Waals surface area (Å²) >= 11 is 1.94. The molecule has 0 aliphatic heterocycles. The predicted octanol–water partition coefficient (Wildman–Crippen LogP) is 2.38. The Morgan fingerprint density at radius 1 is 1.57 bits per heavy atom. The summed E-state index contributed by atoms with van der Waals surface area (Å²) in [5.74, 6) is 0.205. The van der Waals surface area contributed by atoms with Gasteiger partial charge in [-0.15, -0.1) is 0 Å². The van der Waals surface area contributed by atoms with Crippen molar-refractivity contribution in [3.05, 3.63) is 21.5 Å². The molecule has 1 aromatic carbocycles. The number of aromatic nitrogens is 2. The average molecular weight is 305 g/mol. The van der Waals surface area contributed by atoms with Crippen LogP contribution in [0.5, 0.6) is 0 Å². The number of nitrogens with zero attached hydrogens (tertiary/aromatic N) is 2. The van der Waals surface area contributed by atoms with Gasteiger partial charge < -0.3 is 10.3 Å². The van der Waals surface area contributed by atoms with E-state index in [1.165, 1.54) is 6.07 Å². The molecule has 0 spiro atoms. The van der Waals surface area contributed by atoms with E-state index in [9.17, 15) is 4.39 Å². The second kappa shape index (κ2) is 3.38. The van der Waals surface area contributed by atoms with Crippen LogP contribution >= 0.6 is 22.6 Å². The largest absolute Gasteiger partial charge is 0.369 e. The predicted molar refractivity (Wildman–Crippen MR) is 62.5 cm³/mol. The lowest BCUT2D eigenvalue weighted by atomic mass is 10.3. The summed E-state index contributed by atoms with van der Waals surface area (Å²) in [5, 5.41) is 0. The molecule has 0 unspecified atom stereocenters. The number of aryl methyl sites for hydroxylation is 1. The highest BCUT2D eigenvalue weighted by atomic mass is 127. The molecule has 0 radical (unpaired) electrons. The van der Waals surface area contributed by atoms with Crippen LogP contribution in [0, 0.1) is 9.39 Å². The second-order valence-corrected chi connectivity index (χ2v) is 4.13. The lowest BCUT2D eigenvalue weighted by Crippen LogP contribution is -2.00. The molecule has 0 saturated carbocycles. The Morgan fingerprint density at radius 3 is 2.93 bits per heavy atom. The van der Waals surface area contributed by atoms with Crippen LogP contribution in [0.4, 0.5) is 10.3 Å². The van der Waals surface area contributed by atoms with Gasteiger partial charge in [-0.2, -0.15) is 0 Å². The number of benzene rings is 1. The van der Waals surface area contributed by atoms with Crippen molar-refractivity contribution in [1.82, 2.24) is 9.55 Å². The van der Waals surface area contributed by atoms with Gasteiger partial charge in [0.15, 0.2) is 0 Å². The van der Waals surface area contributed by atoms with Gasteiger partial charge >= 0.3 is 0 Å². The summed E-state index contributed by atoms with van der Waals surface area (Å²) in [7, 11) is 0. The zero-order valence-electron chi connectivity index (χ0n) is 7.59. The number of imidazole rings is 1. The van der Waals surface area contributed by atoms with E-state index in [2.05, 4.69) is 4.98 Å². The number of fused-ring (bicyclic) bond motifs is 1. The summed E-state index contributed by atoms with van der Waals surface area (Å²) in [6.45, 7) is 2.65. The van der Waals surface area contributed by atoms with Gasteiger partial charge in [0.1, 0.15) is 5.82 Å². The van der Waals surface area contributed by atoms with Crippen molar-refractivity contribution >= 4 is 39.6 Å². The minimum Gasteiger partial charge on any atom is -0.369 e. The van der Waals surface area contributed by atoms with Gasteiger partial charge in [-0.05, 0) is 35.6 Å². The maximum absolute atomic E-state index is 13.3. The van der Waals surface area contributed by atoms with Gasteiger partial charge in [0.05, 0.1) is 14.6 Å². The Labute approximate surface area is 94.2 Å². The van der Waals surface area contributed by atoms with Gasteiger partial charge in [0.2, 0.25) is 5.95 Å². The molecule has 2 N–H and O–H groups in total. The van der Waals surface area contributed by atoms with Gasteiger partial charge in [0.25, 0.3) is 0 Å². The molecule has 2 aromatic rings. The highest BCUT2D eigenvalue weighted by Crippen LogP contribution is 2.22. The molecule has 0 bridgehead atoms. The monoisotopic (exact) mass is 305 g/mol. The molecule has 0 atom stereocenters. The fraction of sp³-hybridized carbons (Fsp3) is 0.222. The first-order valence-electron chi connectivity index (χ1n) is 4.24. The standard InChI is InChI=1S/C9H9FIN3/c1-2-14-8-3-5(10)6(11)4-7(8)13-9(14)12/h3-4H,2H2,1H3,(H2,12,13). The Hall–Kier alpha value is -0.850. The molecule has 1 aromatic heterocycles. The molecule has 0 fully saturated rings. The first-order chi connectivity index (χ1) is 6.63. The number of hydrogen-bond acceptors (Lipinski definition) is 2. The van der Waals surface area contributed by atoms with E-state index in [0.717, 1.165) is 11.0 Å². The Kier molecular flexibility index (Phi) is 2.34. The number of rotatable bonds is 1. The summed E-state index contributed by atoms with van der Waals surface area (Å²) < 4.78 is 15.6. The number of nitrogens with two attached hydrogens (primary N) is 1. The molecule has 1 heterocycles. The number of anilines is 1. The van der Waals surface area contributed by atoms with Crippen LogP contribution < -0.4 is 5.73 Å². The van der Waals surface area contributed by atoms with Crippen molar-refractivity contribution in [2.75, 3.05) is 5.73 Å². The normalized spacial score (nSPS) is 11.1. The van der Waals surface area contributed by atoms with E-state index in [-0.39, 0.29) is 5.82 Å². The minimum atomic E-state index is -0.229. The molecule has 14 heavy (non-hydrogen) atoms. The number of hydrogen-bond donors (Lipinski definition) is 1. The quantitative estimate of drug-likeness (QED) is 0.822. The Bertz CT molecular complexity index is 492. The summed E-state index contributed by atoms with van der Waals surface area (Å²) in [5.41, 5.74) is 7.19. The fourth-order valence-electron chi connectivity index (χ4n) is 1.47. The van der Waals surface area contributed by atoms with Crippen molar-refractivity contribution in [1.29, 1.82) is 0 Å². The van der Waals surface area contributed by atoms with E-state index in [1.54, 1.807) is 10.6 Å². The highest BCUT2D eigenvalue weighted by molar-refractivity contribution is 14.1. The van der Waals surface area contributed by atoms with Crippen LogP contribution in [0.25, 0.3) is 11.0 Å². The fourth-order valence-corrected chi connectivity index (χ4v) is 1.92. The molecule has 2 rings (SSSR count). The number of halogens is 2. The summed E-state index contributed by atoms with van der Waals surface area (Å²) in [6.07, 6.45) is 0. The molecule has 3 nitrogen and oxygen atoms in total. The van der Waals surface area contributed by atoms with Gasteiger partial charge in [-0.3, -0.25) is 0 Å². The van der Waals surface area contributed by atoms with Crippen LogP contribution in [0.3, 0.4) is 0 Å². The maximum Gasteiger partial charge on any atom is 0.201 e. The maximum atomic E-state index is 13.3. The van der Waals surface area contributed by atoms with Crippen molar-refractivity contribution in [2.45, 2.75) is 13.5 Å². The molecule has 74 valence electrons. The third-order valence-electron chi connectivity index (χ3n) is 2.14. The Morgan fingerprint density at radius 2 is 2.29 bits per heavy atom. The molecule has 0 saturated heterocycles. The molecule has 0 aliphatic rings. The SMILES string of the molecule is CCn1c(N)nc2cc(I)c(F)cc21. The minimum absolute atomic E-state index is 0.229. The van der Waals surface area contributed by atoms with Crippen molar-refractivity contribution in [3.8, 4) is 0 Å².